The molecule has 0 fully saturated rings. The molecule has 0 amide bonds. The van der Waals surface area contributed by atoms with Crippen molar-refractivity contribution in [3.05, 3.63) is 64.5 Å². The Labute approximate surface area is 170 Å². The lowest BCUT2D eigenvalue weighted by atomic mass is 10.0. The lowest BCUT2D eigenvalue weighted by Gasteiger charge is -2.13. The second kappa shape index (κ2) is 7.48. The molecule has 2 aromatic heterocycles. The molecule has 2 aromatic carbocycles. The maximum atomic E-state index is 9.57. The number of aryl methyl sites for hydroxylation is 3. The van der Waals surface area contributed by atoms with Crippen LogP contribution in [0, 0.1) is 32.1 Å². The zero-order valence-electron chi connectivity index (χ0n) is 17.2. The number of H-pyrrole nitrogens is 1. The highest BCUT2D eigenvalue weighted by molar-refractivity contribution is 5.97. The molecule has 0 aliphatic heterocycles. The summed E-state index contributed by atoms with van der Waals surface area (Å²) in [4.78, 5) is 7.96. The fourth-order valence-corrected chi connectivity index (χ4v) is 4.11. The minimum absolute atomic E-state index is 0.535. The fraction of sp³-hybridized carbons (Fsp3) is 0.250. The van der Waals surface area contributed by atoms with Gasteiger partial charge >= 0.3 is 0 Å². The Balaban J connectivity index is 1.67. The molecule has 4 aromatic rings. The van der Waals surface area contributed by atoms with E-state index in [1.807, 2.05) is 18.2 Å². The Bertz CT molecular complexity index is 1260. The second-order valence-corrected chi connectivity index (χ2v) is 7.42. The molecule has 0 bridgehead atoms. The van der Waals surface area contributed by atoms with E-state index < -0.39 is 0 Å². The molecule has 0 radical (unpaired) electrons. The van der Waals surface area contributed by atoms with Gasteiger partial charge in [0.15, 0.2) is 0 Å². The summed E-state index contributed by atoms with van der Waals surface area (Å²) in [7, 11) is 1.63. The maximum Gasteiger partial charge on any atom is 0.145 e. The molecule has 4 rings (SSSR count). The minimum Gasteiger partial charge on any atom is -0.494 e. The van der Waals surface area contributed by atoms with Crippen LogP contribution in [-0.2, 0) is 6.42 Å². The third-order valence-corrected chi connectivity index (χ3v) is 5.45. The number of anilines is 1. The summed E-state index contributed by atoms with van der Waals surface area (Å²) in [6.07, 6.45) is 2.46. The molecule has 2 heterocycles. The number of ether oxygens (including phenoxy) is 1. The molecule has 29 heavy (non-hydrogen) atoms. The lowest BCUT2D eigenvalue weighted by Crippen LogP contribution is -2.08. The first-order chi connectivity index (χ1) is 14.0. The zero-order valence-corrected chi connectivity index (χ0v) is 17.2. The van der Waals surface area contributed by atoms with E-state index in [9.17, 15) is 5.26 Å². The predicted molar refractivity (Wildman–Crippen MR) is 118 cm³/mol. The summed E-state index contributed by atoms with van der Waals surface area (Å²) in [6.45, 7) is 7.11. The standard InChI is InChI=1S/C24H24N4O/c1-14-10-15(2)22-20(11-14)18(16(3)28-22)8-9-26-23-17(12-25)13-27-24-19(23)6-5-7-21(24)29-4/h5-7,10-11,13,28H,8-9H2,1-4H3,(H,26,27). The smallest absolute Gasteiger partial charge is 0.145 e. The van der Waals surface area contributed by atoms with Crippen LogP contribution in [-0.4, -0.2) is 23.6 Å². The molecular weight excluding hydrogens is 360 g/mol. The number of nitrogens with one attached hydrogen (secondary N) is 2. The highest BCUT2D eigenvalue weighted by atomic mass is 16.5. The van der Waals surface area contributed by atoms with E-state index in [0.29, 0.717) is 17.9 Å². The van der Waals surface area contributed by atoms with Gasteiger partial charge in [-0.05, 0) is 50.5 Å². The van der Waals surface area contributed by atoms with E-state index in [1.54, 1.807) is 13.3 Å². The Morgan fingerprint density at radius 1 is 1.17 bits per heavy atom. The van der Waals surface area contributed by atoms with Crippen LogP contribution in [0.1, 0.15) is 27.9 Å². The summed E-state index contributed by atoms with van der Waals surface area (Å²) in [5.41, 5.74) is 8.34. The molecule has 0 aliphatic carbocycles. The van der Waals surface area contributed by atoms with Gasteiger partial charge in [-0.2, -0.15) is 5.26 Å². The predicted octanol–water partition coefficient (Wildman–Crippen LogP) is 5.18. The van der Waals surface area contributed by atoms with Crippen molar-refractivity contribution in [1.29, 1.82) is 5.26 Å². The summed E-state index contributed by atoms with van der Waals surface area (Å²) >= 11 is 0. The fourth-order valence-electron chi connectivity index (χ4n) is 4.11. The number of nitriles is 1. The Hall–Kier alpha value is -3.52. The van der Waals surface area contributed by atoms with Gasteiger partial charge in [-0.3, -0.25) is 4.98 Å². The van der Waals surface area contributed by atoms with Crippen LogP contribution in [0.5, 0.6) is 5.75 Å². The number of hydrogen-bond donors (Lipinski definition) is 2. The van der Waals surface area contributed by atoms with E-state index in [1.165, 1.54) is 33.3 Å². The Morgan fingerprint density at radius 2 is 2.00 bits per heavy atom. The van der Waals surface area contributed by atoms with Gasteiger partial charge in [0, 0.05) is 34.7 Å². The van der Waals surface area contributed by atoms with E-state index in [-0.39, 0.29) is 0 Å². The first kappa shape index (κ1) is 18.8. The number of benzene rings is 2. The molecule has 0 spiro atoms. The summed E-state index contributed by atoms with van der Waals surface area (Å²) in [6, 6.07) is 12.5. The van der Waals surface area contributed by atoms with Gasteiger partial charge in [-0.1, -0.05) is 23.8 Å². The third-order valence-electron chi connectivity index (χ3n) is 5.45. The summed E-state index contributed by atoms with van der Waals surface area (Å²) < 4.78 is 5.43. The normalized spacial score (nSPS) is 11.0. The van der Waals surface area contributed by atoms with Crippen molar-refractivity contribution in [2.24, 2.45) is 0 Å². The van der Waals surface area contributed by atoms with E-state index in [0.717, 1.165) is 23.0 Å². The number of fused-ring (bicyclic) bond motifs is 2. The van der Waals surface area contributed by atoms with Crippen molar-refractivity contribution in [3.8, 4) is 11.8 Å². The van der Waals surface area contributed by atoms with Gasteiger partial charge in [0.1, 0.15) is 17.3 Å². The molecular formula is C24H24N4O. The van der Waals surface area contributed by atoms with Crippen molar-refractivity contribution in [2.45, 2.75) is 27.2 Å². The number of methoxy groups -OCH3 is 1. The number of pyridine rings is 1. The number of aromatic nitrogens is 2. The Kier molecular flexibility index (Phi) is 4.85. The number of nitrogens with zero attached hydrogens (tertiary/aromatic N) is 2. The molecule has 2 N–H and O–H groups in total. The highest BCUT2D eigenvalue weighted by Gasteiger charge is 2.14. The largest absolute Gasteiger partial charge is 0.494 e. The summed E-state index contributed by atoms with van der Waals surface area (Å²) in [5.74, 6) is 0.702. The first-order valence-electron chi connectivity index (χ1n) is 9.71. The van der Waals surface area contributed by atoms with Crippen molar-refractivity contribution >= 4 is 27.5 Å². The lowest BCUT2D eigenvalue weighted by molar-refractivity contribution is 0.419. The average Bonchev–Trinajstić information content (AvgIpc) is 3.03. The molecule has 0 unspecified atom stereocenters. The van der Waals surface area contributed by atoms with Crippen LogP contribution in [0.15, 0.2) is 36.5 Å². The van der Waals surface area contributed by atoms with Crippen LogP contribution in [0.2, 0.25) is 0 Å². The summed E-state index contributed by atoms with van der Waals surface area (Å²) in [5, 5.41) is 15.2. The molecule has 0 saturated carbocycles. The number of aromatic amines is 1. The molecule has 0 atom stereocenters. The minimum atomic E-state index is 0.535. The quantitative estimate of drug-likeness (QED) is 0.497. The van der Waals surface area contributed by atoms with Gasteiger partial charge in [0.05, 0.1) is 18.4 Å². The molecule has 146 valence electrons. The number of rotatable bonds is 5. The Morgan fingerprint density at radius 3 is 2.76 bits per heavy atom. The van der Waals surface area contributed by atoms with Crippen LogP contribution in [0.3, 0.4) is 0 Å². The SMILES string of the molecule is COc1cccc2c(NCCc3c(C)[nH]c4c(C)cc(C)cc34)c(C#N)cnc12. The zero-order chi connectivity index (χ0) is 20.5. The number of hydrogen-bond acceptors (Lipinski definition) is 4. The van der Waals surface area contributed by atoms with E-state index in [2.05, 4.69) is 54.3 Å². The van der Waals surface area contributed by atoms with Gasteiger partial charge in [-0.25, -0.2) is 0 Å². The van der Waals surface area contributed by atoms with Gasteiger partial charge in [-0.15, -0.1) is 0 Å². The van der Waals surface area contributed by atoms with Crippen molar-refractivity contribution in [3.63, 3.8) is 0 Å². The van der Waals surface area contributed by atoms with Crippen LogP contribution in [0.4, 0.5) is 5.69 Å². The topological polar surface area (TPSA) is 73.7 Å². The molecule has 0 saturated heterocycles. The van der Waals surface area contributed by atoms with Crippen LogP contribution >= 0.6 is 0 Å². The van der Waals surface area contributed by atoms with E-state index >= 15 is 0 Å². The average molecular weight is 384 g/mol. The molecule has 5 heteroatoms. The second-order valence-electron chi connectivity index (χ2n) is 7.42. The van der Waals surface area contributed by atoms with Crippen LogP contribution in [0.25, 0.3) is 21.8 Å². The van der Waals surface area contributed by atoms with Gasteiger partial charge in [0.25, 0.3) is 0 Å². The molecule has 0 aliphatic rings. The third kappa shape index (κ3) is 3.27. The van der Waals surface area contributed by atoms with Crippen molar-refractivity contribution in [2.75, 3.05) is 19.0 Å². The van der Waals surface area contributed by atoms with Gasteiger partial charge in [0.2, 0.25) is 0 Å². The maximum absolute atomic E-state index is 9.57. The van der Waals surface area contributed by atoms with Crippen molar-refractivity contribution in [1.82, 2.24) is 9.97 Å². The first-order valence-corrected chi connectivity index (χ1v) is 9.71. The van der Waals surface area contributed by atoms with Crippen molar-refractivity contribution < 1.29 is 4.74 Å². The molecule has 5 nitrogen and oxygen atoms in total. The number of para-hydroxylation sites is 1. The van der Waals surface area contributed by atoms with Gasteiger partial charge < -0.3 is 15.0 Å². The monoisotopic (exact) mass is 384 g/mol. The highest BCUT2D eigenvalue weighted by Crippen LogP contribution is 2.32. The van der Waals surface area contributed by atoms with Crippen LogP contribution < -0.4 is 10.1 Å². The van der Waals surface area contributed by atoms with E-state index in [4.69, 9.17) is 4.74 Å².